The Bertz CT molecular complexity index is 1640. The Hall–Kier alpha value is -4.06. The van der Waals surface area contributed by atoms with E-state index in [1.807, 2.05) is 36.4 Å². The third kappa shape index (κ3) is 8.16. The summed E-state index contributed by atoms with van der Waals surface area (Å²) in [6.07, 6.45) is 2.08. The van der Waals surface area contributed by atoms with E-state index in [0.29, 0.717) is 17.7 Å². The number of unbranched alkanes of at least 4 members (excludes halogenated alkanes) is 1. The van der Waals surface area contributed by atoms with Gasteiger partial charge >= 0.3 is 6.03 Å². The molecule has 2 aromatic carbocycles. The first-order chi connectivity index (χ1) is 21.6. The molecule has 4 atom stereocenters. The summed E-state index contributed by atoms with van der Waals surface area (Å²) in [5, 5.41) is 9.00. The summed E-state index contributed by atoms with van der Waals surface area (Å²) in [6, 6.07) is 14.8. The fourth-order valence-electron chi connectivity index (χ4n) is 5.65. The zero-order valence-electron chi connectivity index (χ0n) is 24.5. The number of para-hydroxylation sites is 1. The quantitative estimate of drug-likeness (QED) is 0.0993. The van der Waals surface area contributed by atoms with Crippen LogP contribution < -0.4 is 26.2 Å². The van der Waals surface area contributed by atoms with Crippen molar-refractivity contribution in [2.45, 2.75) is 61.2 Å². The molecule has 12 nitrogen and oxygen atoms in total. The van der Waals surface area contributed by atoms with Crippen LogP contribution in [-0.4, -0.2) is 78.1 Å². The summed E-state index contributed by atoms with van der Waals surface area (Å²) in [5.74, 6) is 5.33. The van der Waals surface area contributed by atoms with E-state index < -0.39 is 33.7 Å². The van der Waals surface area contributed by atoms with Crippen LogP contribution in [0.1, 0.15) is 48.8 Å². The number of fused-ring (bicyclic) bond motifs is 3. The van der Waals surface area contributed by atoms with Gasteiger partial charge in [0.1, 0.15) is 0 Å². The van der Waals surface area contributed by atoms with Crippen LogP contribution in [0.15, 0.2) is 48.5 Å². The fraction of sp³-hybridized carbons (Fsp3) is 0.419. The first-order valence-corrected chi connectivity index (χ1v) is 17.3. The van der Waals surface area contributed by atoms with Gasteiger partial charge in [0, 0.05) is 48.1 Å². The lowest BCUT2D eigenvalue weighted by Crippen LogP contribution is -2.47. The molecule has 3 aliphatic rings. The van der Waals surface area contributed by atoms with Crippen LogP contribution in [0.4, 0.5) is 10.5 Å². The minimum absolute atomic E-state index is 0.0800. The van der Waals surface area contributed by atoms with Gasteiger partial charge in [0.25, 0.3) is 10.1 Å². The zero-order valence-corrected chi connectivity index (χ0v) is 26.1. The number of nitrogens with zero attached hydrogens (tertiary/aromatic N) is 1. The number of carbonyl (C=O) groups excluding carboxylic acids is 4. The summed E-state index contributed by atoms with van der Waals surface area (Å²) in [5.41, 5.74) is 2.98. The Labute approximate surface area is 266 Å². The molecule has 3 heterocycles. The molecular formula is C31H35N5O7S2. The summed E-state index contributed by atoms with van der Waals surface area (Å²) < 4.78 is 33.7. The maximum atomic E-state index is 13.4. The Morgan fingerprint density at radius 2 is 1.73 bits per heavy atom. The van der Waals surface area contributed by atoms with Crippen LogP contribution in [0.5, 0.6) is 0 Å². The first-order valence-electron chi connectivity index (χ1n) is 14.8. The normalized spacial score (nSPS) is 20.5. The maximum absolute atomic E-state index is 13.4. The minimum Gasteiger partial charge on any atom is -0.354 e. The van der Waals surface area contributed by atoms with Crippen molar-refractivity contribution in [3.05, 3.63) is 65.2 Å². The number of nitrogens with one attached hydrogen (secondary N) is 4. The number of rotatable bonds is 12. The SMILES string of the molecule is O=C(CCCC[C@@H]1SC[C@@H]2NC(=O)N[C@@H]21)NC[C@H](C(=O)NCCC(=O)N1Cc2ccccc2C#Cc2ccccc21)S(=O)(=O)O. The van der Waals surface area contributed by atoms with Crippen LogP contribution in [0.2, 0.25) is 0 Å². The van der Waals surface area contributed by atoms with Gasteiger partial charge in [-0.05, 0) is 36.6 Å². The third-order valence-corrected chi connectivity index (χ3v) is 10.6. The molecule has 238 valence electrons. The Morgan fingerprint density at radius 3 is 2.53 bits per heavy atom. The predicted molar refractivity (Wildman–Crippen MR) is 170 cm³/mol. The van der Waals surface area contributed by atoms with E-state index in [0.717, 1.165) is 29.7 Å². The van der Waals surface area contributed by atoms with E-state index in [4.69, 9.17) is 0 Å². The van der Waals surface area contributed by atoms with Crippen LogP contribution in [-0.2, 0) is 31.0 Å². The van der Waals surface area contributed by atoms with Gasteiger partial charge in [-0.3, -0.25) is 18.9 Å². The second-order valence-electron chi connectivity index (χ2n) is 11.1. The highest BCUT2D eigenvalue weighted by Crippen LogP contribution is 2.33. The standard InChI is InChI=1S/C31H35N5O7S2/c37-27(12-6-5-11-25-29-23(19-44-25)34-31(40)35-29)33-17-26(45(41,42)43)30(39)32-16-15-28(38)36-18-22-9-2-1-7-20(22)13-14-21-8-3-4-10-24(21)36/h1-4,7-10,23,25-26,29H,5-6,11-12,15-19H2,(H,32,39)(H,33,37)(H2,34,35,40)(H,41,42,43)/t23-,25-,26+,29-/m0/s1. The molecule has 2 saturated heterocycles. The Morgan fingerprint density at radius 1 is 1.00 bits per heavy atom. The average Bonchev–Trinajstić information content (AvgIpc) is 3.55. The first kappa shape index (κ1) is 32.3. The van der Waals surface area contributed by atoms with Crippen molar-refractivity contribution in [2.75, 3.05) is 23.7 Å². The lowest BCUT2D eigenvalue weighted by Gasteiger charge is -2.26. The molecule has 5 amide bonds. The molecule has 5 rings (SSSR count). The van der Waals surface area contributed by atoms with E-state index in [-0.39, 0.29) is 55.2 Å². The molecule has 5 N–H and O–H groups in total. The lowest BCUT2D eigenvalue weighted by atomic mass is 10.0. The minimum atomic E-state index is -4.84. The molecule has 14 heteroatoms. The van der Waals surface area contributed by atoms with Gasteiger partial charge in [0.15, 0.2) is 5.25 Å². The zero-order chi connectivity index (χ0) is 32.0. The summed E-state index contributed by atoms with van der Waals surface area (Å²) in [6.45, 7) is -0.518. The Balaban J connectivity index is 1.09. The van der Waals surface area contributed by atoms with E-state index in [1.54, 1.807) is 28.8 Å². The topological polar surface area (TPSA) is 174 Å². The number of carbonyl (C=O) groups is 4. The highest BCUT2D eigenvalue weighted by molar-refractivity contribution is 8.00. The van der Waals surface area contributed by atoms with Gasteiger partial charge in [0.2, 0.25) is 17.7 Å². The van der Waals surface area contributed by atoms with Gasteiger partial charge in [-0.1, -0.05) is 48.6 Å². The number of thioether (sulfide) groups is 1. The summed E-state index contributed by atoms with van der Waals surface area (Å²) >= 11 is 1.78. The molecule has 0 radical (unpaired) electrons. The molecule has 3 aliphatic heterocycles. The highest BCUT2D eigenvalue weighted by atomic mass is 32.2. The van der Waals surface area contributed by atoms with Crippen molar-refractivity contribution in [1.29, 1.82) is 0 Å². The van der Waals surface area contributed by atoms with Crippen molar-refractivity contribution in [3.63, 3.8) is 0 Å². The van der Waals surface area contributed by atoms with E-state index in [9.17, 15) is 32.1 Å². The van der Waals surface area contributed by atoms with Crippen molar-refractivity contribution in [2.24, 2.45) is 0 Å². The molecule has 0 spiro atoms. The van der Waals surface area contributed by atoms with Crippen LogP contribution in [0, 0.1) is 11.8 Å². The van der Waals surface area contributed by atoms with Gasteiger partial charge in [0.05, 0.1) is 24.3 Å². The number of amides is 5. The molecule has 2 aromatic rings. The smallest absolute Gasteiger partial charge is 0.315 e. The van der Waals surface area contributed by atoms with Gasteiger partial charge < -0.3 is 26.2 Å². The average molecular weight is 654 g/mol. The highest BCUT2D eigenvalue weighted by Gasteiger charge is 2.42. The van der Waals surface area contributed by atoms with E-state index in [2.05, 4.69) is 33.1 Å². The molecule has 2 fully saturated rings. The monoisotopic (exact) mass is 653 g/mol. The lowest BCUT2D eigenvalue weighted by molar-refractivity contribution is -0.122. The van der Waals surface area contributed by atoms with Crippen molar-refractivity contribution in [3.8, 4) is 11.8 Å². The molecule has 0 aromatic heterocycles. The number of benzene rings is 2. The fourth-order valence-corrected chi connectivity index (χ4v) is 7.84. The molecule has 45 heavy (non-hydrogen) atoms. The summed E-state index contributed by atoms with van der Waals surface area (Å²) in [4.78, 5) is 51.6. The predicted octanol–water partition coefficient (Wildman–Crippen LogP) is 1.54. The van der Waals surface area contributed by atoms with E-state index in [1.165, 1.54) is 0 Å². The third-order valence-electron chi connectivity index (χ3n) is 8.03. The number of hydrogen-bond donors (Lipinski definition) is 5. The van der Waals surface area contributed by atoms with Gasteiger partial charge in [-0.15, -0.1) is 0 Å². The van der Waals surface area contributed by atoms with Crippen molar-refractivity contribution >= 4 is 51.3 Å². The van der Waals surface area contributed by atoms with Crippen molar-refractivity contribution in [1.82, 2.24) is 21.3 Å². The molecule has 0 aliphatic carbocycles. The number of hydrogen-bond acceptors (Lipinski definition) is 7. The van der Waals surface area contributed by atoms with E-state index >= 15 is 0 Å². The van der Waals surface area contributed by atoms with Crippen LogP contribution in [0.25, 0.3) is 0 Å². The molecule has 0 saturated carbocycles. The molecular weight excluding hydrogens is 619 g/mol. The summed E-state index contributed by atoms with van der Waals surface area (Å²) in [7, 11) is -4.84. The molecule has 0 bridgehead atoms. The van der Waals surface area contributed by atoms with Crippen molar-refractivity contribution < 1.29 is 32.1 Å². The second-order valence-corrected chi connectivity index (χ2v) is 14.0. The number of anilines is 1. The maximum Gasteiger partial charge on any atom is 0.315 e. The van der Waals surface area contributed by atoms with Crippen LogP contribution in [0.3, 0.4) is 0 Å². The molecule has 0 unspecified atom stereocenters. The largest absolute Gasteiger partial charge is 0.354 e. The second kappa shape index (κ2) is 14.4. The number of urea groups is 1. The van der Waals surface area contributed by atoms with Gasteiger partial charge in [-0.25, -0.2) is 4.79 Å². The van der Waals surface area contributed by atoms with Gasteiger partial charge in [-0.2, -0.15) is 20.2 Å². The van der Waals surface area contributed by atoms with Crippen LogP contribution >= 0.6 is 11.8 Å². The Kier molecular flexibility index (Phi) is 10.3.